The maximum Gasteiger partial charge on any atom is 0.223 e. The van der Waals surface area contributed by atoms with Crippen LogP contribution >= 0.6 is 11.6 Å². The van der Waals surface area contributed by atoms with Crippen LogP contribution in [0.4, 0.5) is 0 Å². The highest BCUT2D eigenvalue weighted by Crippen LogP contribution is 2.18. The molecule has 1 N–H and O–H groups in total. The van der Waals surface area contributed by atoms with Gasteiger partial charge in [0.2, 0.25) is 5.91 Å². The van der Waals surface area contributed by atoms with Crippen LogP contribution < -0.4 is 5.32 Å². The molecule has 0 aromatic carbocycles. The molecule has 2 rings (SSSR count). The SMILES string of the molecule is Cc1nn(C)c(CNCCC(=O)N2CCCC2)c1Cl. The number of aromatic nitrogens is 2. The van der Waals surface area contributed by atoms with Gasteiger partial charge in [-0.3, -0.25) is 9.48 Å². The van der Waals surface area contributed by atoms with Crippen molar-refractivity contribution in [2.75, 3.05) is 19.6 Å². The quantitative estimate of drug-likeness (QED) is 0.834. The normalized spacial score (nSPS) is 15.2. The molecule has 1 aromatic rings. The highest BCUT2D eigenvalue weighted by molar-refractivity contribution is 6.31. The largest absolute Gasteiger partial charge is 0.343 e. The van der Waals surface area contributed by atoms with Gasteiger partial charge in [0.15, 0.2) is 0 Å². The van der Waals surface area contributed by atoms with Crippen LogP contribution in [0.3, 0.4) is 0 Å². The zero-order valence-electron chi connectivity index (χ0n) is 11.6. The molecule has 19 heavy (non-hydrogen) atoms. The van der Waals surface area contributed by atoms with E-state index in [1.165, 1.54) is 0 Å². The Morgan fingerprint density at radius 3 is 2.68 bits per heavy atom. The Bertz CT molecular complexity index is 452. The van der Waals surface area contributed by atoms with Crippen molar-refractivity contribution in [3.05, 3.63) is 16.4 Å². The van der Waals surface area contributed by atoms with Crippen molar-refractivity contribution in [1.29, 1.82) is 0 Å². The molecule has 0 atom stereocenters. The fourth-order valence-corrected chi connectivity index (χ4v) is 2.63. The molecule has 1 fully saturated rings. The molecule has 0 bridgehead atoms. The minimum Gasteiger partial charge on any atom is -0.343 e. The summed E-state index contributed by atoms with van der Waals surface area (Å²) in [6.45, 7) is 5.05. The highest BCUT2D eigenvalue weighted by atomic mass is 35.5. The molecule has 5 nitrogen and oxygen atoms in total. The van der Waals surface area contributed by atoms with Gasteiger partial charge in [-0.1, -0.05) is 11.6 Å². The number of amides is 1. The van der Waals surface area contributed by atoms with Crippen molar-refractivity contribution in [3.8, 4) is 0 Å². The van der Waals surface area contributed by atoms with Gasteiger partial charge in [0.1, 0.15) is 0 Å². The average molecular weight is 285 g/mol. The lowest BCUT2D eigenvalue weighted by molar-refractivity contribution is -0.130. The lowest BCUT2D eigenvalue weighted by Crippen LogP contribution is -2.30. The average Bonchev–Trinajstić information content (AvgIpc) is 2.98. The summed E-state index contributed by atoms with van der Waals surface area (Å²) in [6.07, 6.45) is 2.83. The Labute approximate surface area is 118 Å². The Morgan fingerprint density at radius 1 is 1.42 bits per heavy atom. The lowest BCUT2D eigenvalue weighted by Gasteiger charge is -2.15. The Balaban J connectivity index is 1.73. The van der Waals surface area contributed by atoms with Crippen molar-refractivity contribution < 1.29 is 4.79 Å². The Kier molecular flexibility index (Phi) is 4.82. The van der Waals surface area contributed by atoms with E-state index in [1.807, 2.05) is 18.9 Å². The first-order chi connectivity index (χ1) is 9.09. The molecule has 1 aromatic heterocycles. The van der Waals surface area contributed by atoms with Crippen LogP contribution in [0.25, 0.3) is 0 Å². The zero-order valence-corrected chi connectivity index (χ0v) is 12.3. The Morgan fingerprint density at radius 2 is 2.11 bits per heavy atom. The Hall–Kier alpha value is -1.07. The van der Waals surface area contributed by atoms with Gasteiger partial charge in [0, 0.05) is 39.6 Å². The third kappa shape index (κ3) is 3.48. The number of carbonyl (C=O) groups excluding carboxylic acids is 1. The van der Waals surface area contributed by atoms with Crippen molar-refractivity contribution >= 4 is 17.5 Å². The van der Waals surface area contributed by atoms with Crippen LogP contribution in [0.1, 0.15) is 30.7 Å². The predicted octanol–water partition coefficient (Wildman–Crippen LogP) is 1.48. The van der Waals surface area contributed by atoms with E-state index in [2.05, 4.69) is 10.4 Å². The van der Waals surface area contributed by atoms with Crippen LogP contribution in [0.15, 0.2) is 0 Å². The number of halogens is 1. The van der Waals surface area contributed by atoms with E-state index >= 15 is 0 Å². The second-order valence-electron chi connectivity index (χ2n) is 4.98. The minimum atomic E-state index is 0.247. The standard InChI is InChI=1S/C13H21ClN4O/c1-10-13(14)11(17(2)16-10)9-15-6-5-12(19)18-7-3-4-8-18/h15H,3-9H2,1-2H3. The third-order valence-electron chi connectivity index (χ3n) is 3.53. The fraction of sp³-hybridized carbons (Fsp3) is 0.692. The third-order valence-corrected chi connectivity index (χ3v) is 4.02. The van der Waals surface area contributed by atoms with E-state index in [-0.39, 0.29) is 5.91 Å². The van der Waals surface area contributed by atoms with Crippen LogP contribution in [0.5, 0.6) is 0 Å². The molecular weight excluding hydrogens is 264 g/mol. The summed E-state index contributed by atoms with van der Waals surface area (Å²) in [4.78, 5) is 13.8. The molecule has 1 saturated heterocycles. The second kappa shape index (κ2) is 6.39. The number of hydrogen-bond acceptors (Lipinski definition) is 3. The molecule has 0 saturated carbocycles. The van der Waals surface area contributed by atoms with Gasteiger partial charge < -0.3 is 10.2 Å². The summed E-state index contributed by atoms with van der Waals surface area (Å²) in [5.74, 6) is 0.247. The van der Waals surface area contributed by atoms with Crippen LogP contribution in [-0.4, -0.2) is 40.2 Å². The molecular formula is C13H21ClN4O. The summed E-state index contributed by atoms with van der Waals surface area (Å²) in [6, 6.07) is 0. The molecule has 1 amide bonds. The van der Waals surface area contributed by atoms with Crippen LogP contribution in [0, 0.1) is 6.92 Å². The number of nitrogens with one attached hydrogen (secondary N) is 1. The summed E-state index contributed by atoms with van der Waals surface area (Å²) >= 11 is 6.16. The first-order valence-electron chi connectivity index (χ1n) is 6.76. The van der Waals surface area contributed by atoms with Crippen molar-refractivity contribution in [2.45, 2.75) is 32.7 Å². The predicted molar refractivity (Wildman–Crippen MR) is 75.1 cm³/mol. The van der Waals surface area contributed by atoms with Gasteiger partial charge in [-0.05, 0) is 19.8 Å². The topological polar surface area (TPSA) is 50.2 Å². The number of hydrogen-bond donors (Lipinski definition) is 1. The zero-order chi connectivity index (χ0) is 13.8. The van der Waals surface area contributed by atoms with E-state index in [1.54, 1.807) is 4.68 Å². The van der Waals surface area contributed by atoms with Gasteiger partial charge in [0.25, 0.3) is 0 Å². The van der Waals surface area contributed by atoms with Crippen molar-refractivity contribution in [1.82, 2.24) is 20.0 Å². The highest BCUT2D eigenvalue weighted by Gasteiger charge is 2.17. The second-order valence-corrected chi connectivity index (χ2v) is 5.36. The maximum absolute atomic E-state index is 11.8. The summed E-state index contributed by atoms with van der Waals surface area (Å²) in [5.41, 5.74) is 1.81. The van der Waals surface area contributed by atoms with E-state index in [4.69, 9.17) is 11.6 Å². The molecule has 1 aliphatic rings. The molecule has 0 radical (unpaired) electrons. The van der Waals surface area contributed by atoms with Gasteiger partial charge in [-0.15, -0.1) is 0 Å². The smallest absolute Gasteiger partial charge is 0.223 e. The molecule has 1 aliphatic heterocycles. The summed E-state index contributed by atoms with van der Waals surface area (Å²) in [5, 5.41) is 8.22. The van der Waals surface area contributed by atoms with Crippen LogP contribution in [-0.2, 0) is 18.4 Å². The maximum atomic E-state index is 11.8. The molecule has 0 spiro atoms. The molecule has 106 valence electrons. The first-order valence-corrected chi connectivity index (χ1v) is 7.14. The van der Waals surface area contributed by atoms with E-state index in [0.29, 0.717) is 24.5 Å². The van der Waals surface area contributed by atoms with Gasteiger partial charge in [-0.25, -0.2) is 0 Å². The number of likely N-dealkylation sites (tertiary alicyclic amines) is 1. The van der Waals surface area contributed by atoms with Crippen molar-refractivity contribution in [3.63, 3.8) is 0 Å². The first kappa shape index (κ1) is 14.3. The van der Waals surface area contributed by atoms with Crippen molar-refractivity contribution in [2.24, 2.45) is 7.05 Å². The van der Waals surface area contributed by atoms with E-state index in [9.17, 15) is 4.79 Å². The number of nitrogens with zero attached hydrogens (tertiary/aromatic N) is 3. The summed E-state index contributed by atoms with van der Waals surface area (Å²) in [7, 11) is 1.88. The number of rotatable bonds is 5. The van der Waals surface area contributed by atoms with Gasteiger partial charge >= 0.3 is 0 Å². The summed E-state index contributed by atoms with van der Waals surface area (Å²) < 4.78 is 1.78. The van der Waals surface area contributed by atoms with Crippen LogP contribution in [0.2, 0.25) is 5.02 Å². The molecule has 0 unspecified atom stereocenters. The van der Waals surface area contributed by atoms with Gasteiger partial charge in [0.05, 0.1) is 16.4 Å². The van der Waals surface area contributed by atoms with Gasteiger partial charge in [-0.2, -0.15) is 5.10 Å². The molecule has 0 aliphatic carbocycles. The minimum absolute atomic E-state index is 0.247. The number of aryl methyl sites for hydroxylation is 2. The van der Waals surface area contributed by atoms with E-state index < -0.39 is 0 Å². The monoisotopic (exact) mass is 284 g/mol. The number of carbonyl (C=O) groups is 1. The lowest BCUT2D eigenvalue weighted by atomic mass is 10.3. The van der Waals surface area contributed by atoms with E-state index in [0.717, 1.165) is 37.3 Å². The molecule has 6 heteroatoms. The fourth-order valence-electron chi connectivity index (χ4n) is 2.40. The molecule has 2 heterocycles.